The van der Waals surface area contributed by atoms with Crippen LogP contribution in [0.5, 0.6) is 0 Å². The summed E-state index contributed by atoms with van der Waals surface area (Å²) in [6.45, 7) is 5.34. The summed E-state index contributed by atoms with van der Waals surface area (Å²) in [5.74, 6) is -0.518. The van der Waals surface area contributed by atoms with Gasteiger partial charge in [0.25, 0.3) is 0 Å². The molecule has 0 radical (unpaired) electrons. The van der Waals surface area contributed by atoms with Crippen LogP contribution in [-0.2, 0) is 9.47 Å². The van der Waals surface area contributed by atoms with E-state index in [1.165, 1.54) is 17.7 Å². The fourth-order valence-electron chi connectivity index (χ4n) is 1.90. The van der Waals surface area contributed by atoms with Crippen LogP contribution in [0.1, 0.15) is 31.1 Å². The van der Waals surface area contributed by atoms with Crippen LogP contribution in [0.15, 0.2) is 24.4 Å². The number of aromatic nitrogens is 1. The molecule has 0 bridgehead atoms. The first-order valence-electron chi connectivity index (χ1n) is 6.35. The van der Waals surface area contributed by atoms with E-state index in [9.17, 15) is 9.59 Å². The first-order chi connectivity index (χ1) is 9.73. The van der Waals surface area contributed by atoms with Crippen LogP contribution < -0.4 is 0 Å². The number of fused-ring (bicyclic) bond motifs is 1. The molecule has 1 heterocycles. The molecule has 0 fully saturated rings. The van der Waals surface area contributed by atoms with E-state index in [0.29, 0.717) is 15.9 Å². The highest BCUT2D eigenvalue weighted by atomic mass is 35.5. The quantitative estimate of drug-likeness (QED) is 0.750. The molecule has 0 unspecified atom stereocenters. The van der Waals surface area contributed by atoms with Gasteiger partial charge in [-0.1, -0.05) is 11.6 Å². The molecule has 0 saturated heterocycles. The van der Waals surface area contributed by atoms with Gasteiger partial charge in [0.05, 0.1) is 23.2 Å². The number of hydrogen-bond donors (Lipinski definition) is 0. The third kappa shape index (κ3) is 3.19. The molecule has 0 aliphatic rings. The fraction of sp³-hybridized carbons (Fsp3) is 0.333. The summed E-state index contributed by atoms with van der Waals surface area (Å²) < 4.78 is 11.3. The molecule has 0 spiro atoms. The van der Waals surface area contributed by atoms with Crippen LogP contribution in [-0.4, -0.2) is 29.3 Å². The van der Waals surface area contributed by atoms with E-state index in [0.717, 1.165) is 0 Å². The Bertz CT molecular complexity index is 712. The maximum absolute atomic E-state index is 12.2. The predicted octanol–water partition coefficient (Wildman–Crippen LogP) is 3.86. The van der Waals surface area contributed by atoms with Gasteiger partial charge in [0.15, 0.2) is 0 Å². The first-order valence-corrected chi connectivity index (χ1v) is 6.73. The number of esters is 1. The Kier molecular flexibility index (Phi) is 3.96. The van der Waals surface area contributed by atoms with E-state index in [2.05, 4.69) is 4.74 Å². The summed E-state index contributed by atoms with van der Waals surface area (Å²) in [5.41, 5.74) is 0.160. The SMILES string of the molecule is COC(=O)c1cc(Cl)c2ccn(C(=O)OC(C)(C)C)c2c1. The number of carbonyl (C=O) groups is 2. The molecular weight excluding hydrogens is 294 g/mol. The van der Waals surface area contributed by atoms with Crippen molar-refractivity contribution in [1.82, 2.24) is 4.57 Å². The molecule has 2 aromatic rings. The molecule has 0 N–H and O–H groups in total. The molecule has 21 heavy (non-hydrogen) atoms. The molecule has 0 aliphatic heterocycles. The summed E-state index contributed by atoms with van der Waals surface area (Å²) in [7, 11) is 1.29. The van der Waals surface area contributed by atoms with Crippen LogP contribution in [0.25, 0.3) is 10.9 Å². The standard InChI is InChI=1S/C15H16ClNO4/c1-15(2,3)21-14(19)17-6-5-10-11(16)7-9(8-12(10)17)13(18)20-4/h5-8H,1-4H3. The zero-order valence-electron chi connectivity index (χ0n) is 12.3. The van der Waals surface area contributed by atoms with Crippen molar-refractivity contribution in [3.63, 3.8) is 0 Å². The highest BCUT2D eigenvalue weighted by molar-refractivity contribution is 6.36. The molecular formula is C15H16ClNO4. The topological polar surface area (TPSA) is 57.5 Å². The molecule has 0 aliphatic carbocycles. The van der Waals surface area contributed by atoms with Gasteiger partial charge in [-0.2, -0.15) is 0 Å². The average Bonchev–Trinajstić information content (AvgIpc) is 2.80. The Labute approximate surface area is 127 Å². The van der Waals surface area contributed by atoms with Gasteiger partial charge in [-0.25, -0.2) is 9.59 Å². The third-order valence-corrected chi connectivity index (χ3v) is 3.08. The van der Waals surface area contributed by atoms with E-state index in [4.69, 9.17) is 16.3 Å². The van der Waals surface area contributed by atoms with Gasteiger partial charge in [-0.05, 0) is 39.0 Å². The van der Waals surface area contributed by atoms with Gasteiger partial charge in [0, 0.05) is 11.6 Å². The van der Waals surface area contributed by atoms with Crippen molar-refractivity contribution in [1.29, 1.82) is 0 Å². The summed E-state index contributed by atoms with van der Waals surface area (Å²) in [6.07, 6.45) is 1.03. The lowest BCUT2D eigenvalue weighted by Crippen LogP contribution is -2.26. The lowest BCUT2D eigenvalue weighted by Gasteiger charge is -2.19. The zero-order chi connectivity index (χ0) is 15.8. The largest absolute Gasteiger partial charge is 0.465 e. The smallest absolute Gasteiger partial charge is 0.418 e. The van der Waals surface area contributed by atoms with Crippen molar-refractivity contribution in [3.8, 4) is 0 Å². The molecule has 0 atom stereocenters. The van der Waals surface area contributed by atoms with Gasteiger partial charge >= 0.3 is 12.1 Å². The van der Waals surface area contributed by atoms with Gasteiger partial charge in [0.1, 0.15) is 5.60 Å². The molecule has 6 heteroatoms. The van der Waals surface area contributed by atoms with Crippen molar-refractivity contribution < 1.29 is 19.1 Å². The van der Waals surface area contributed by atoms with E-state index in [-0.39, 0.29) is 5.56 Å². The van der Waals surface area contributed by atoms with E-state index in [1.807, 2.05) is 0 Å². The van der Waals surface area contributed by atoms with Crippen molar-refractivity contribution in [2.75, 3.05) is 7.11 Å². The number of rotatable bonds is 1. The normalized spacial score (nSPS) is 11.5. The first kappa shape index (κ1) is 15.4. The summed E-state index contributed by atoms with van der Waals surface area (Å²) in [4.78, 5) is 23.8. The molecule has 1 aromatic carbocycles. The van der Waals surface area contributed by atoms with Gasteiger partial charge in [-0.3, -0.25) is 4.57 Å². The molecule has 5 nitrogen and oxygen atoms in total. The number of methoxy groups -OCH3 is 1. The minimum atomic E-state index is -0.614. The predicted molar refractivity (Wildman–Crippen MR) is 79.9 cm³/mol. The Morgan fingerprint density at radius 3 is 2.48 bits per heavy atom. The summed E-state index contributed by atoms with van der Waals surface area (Å²) in [5, 5.41) is 1.03. The van der Waals surface area contributed by atoms with Gasteiger partial charge in [-0.15, -0.1) is 0 Å². The molecule has 2 rings (SSSR count). The second kappa shape index (κ2) is 5.41. The van der Waals surface area contributed by atoms with Crippen molar-refractivity contribution in [3.05, 3.63) is 35.0 Å². The second-order valence-electron chi connectivity index (χ2n) is 5.55. The summed E-state index contributed by atoms with van der Waals surface area (Å²) >= 11 is 6.14. The second-order valence-corrected chi connectivity index (χ2v) is 5.96. The van der Waals surface area contributed by atoms with Crippen LogP contribution in [0.3, 0.4) is 0 Å². The van der Waals surface area contributed by atoms with E-state index < -0.39 is 17.7 Å². The number of nitrogens with zero attached hydrogens (tertiary/aromatic N) is 1. The molecule has 0 amide bonds. The Morgan fingerprint density at radius 2 is 1.90 bits per heavy atom. The van der Waals surface area contributed by atoms with Gasteiger partial charge in [0.2, 0.25) is 0 Å². The lowest BCUT2D eigenvalue weighted by atomic mass is 10.1. The Morgan fingerprint density at radius 1 is 1.24 bits per heavy atom. The van der Waals surface area contributed by atoms with Crippen LogP contribution in [0, 0.1) is 0 Å². The maximum Gasteiger partial charge on any atom is 0.418 e. The Hall–Kier alpha value is -2.01. The third-order valence-electron chi connectivity index (χ3n) is 2.77. The number of ether oxygens (including phenoxy) is 2. The lowest BCUT2D eigenvalue weighted by molar-refractivity contribution is 0.0541. The van der Waals surface area contributed by atoms with Gasteiger partial charge < -0.3 is 9.47 Å². The number of halogens is 1. The minimum absolute atomic E-state index is 0.276. The average molecular weight is 310 g/mol. The molecule has 112 valence electrons. The number of hydrogen-bond acceptors (Lipinski definition) is 4. The van der Waals surface area contributed by atoms with Crippen LogP contribution in [0.2, 0.25) is 5.02 Å². The highest BCUT2D eigenvalue weighted by Gasteiger charge is 2.20. The molecule has 1 aromatic heterocycles. The zero-order valence-corrected chi connectivity index (χ0v) is 13.0. The van der Waals surface area contributed by atoms with E-state index in [1.54, 1.807) is 39.1 Å². The summed E-state index contributed by atoms with van der Waals surface area (Å²) in [6, 6.07) is 4.76. The van der Waals surface area contributed by atoms with Crippen molar-refractivity contribution >= 4 is 34.6 Å². The highest BCUT2D eigenvalue weighted by Crippen LogP contribution is 2.27. The minimum Gasteiger partial charge on any atom is -0.465 e. The van der Waals surface area contributed by atoms with Crippen LogP contribution in [0.4, 0.5) is 4.79 Å². The fourth-order valence-corrected chi connectivity index (χ4v) is 2.18. The number of carbonyl (C=O) groups excluding carboxylic acids is 2. The maximum atomic E-state index is 12.2. The monoisotopic (exact) mass is 309 g/mol. The Balaban J connectivity index is 2.53. The van der Waals surface area contributed by atoms with Crippen molar-refractivity contribution in [2.45, 2.75) is 26.4 Å². The van der Waals surface area contributed by atoms with Crippen LogP contribution >= 0.6 is 11.6 Å². The van der Waals surface area contributed by atoms with E-state index >= 15 is 0 Å². The molecule has 0 saturated carbocycles. The number of benzene rings is 1. The van der Waals surface area contributed by atoms with Crippen molar-refractivity contribution in [2.24, 2.45) is 0 Å².